The normalized spacial score (nSPS) is 11.8. The van der Waals surface area contributed by atoms with Crippen LogP contribution < -0.4 is 0 Å². The Morgan fingerprint density at radius 1 is 1.12 bits per heavy atom. The van der Waals surface area contributed by atoms with Gasteiger partial charge in [0.05, 0.1) is 0 Å². The highest BCUT2D eigenvalue weighted by molar-refractivity contribution is 5.19. The van der Waals surface area contributed by atoms with Gasteiger partial charge in [0.2, 0.25) is 0 Å². The lowest BCUT2D eigenvalue weighted by molar-refractivity contribution is -0.141. The van der Waals surface area contributed by atoms with E-state index in [1.165, 1.54) is 6.20 Å². The van der Waals surface area contributed by atoms with Crippen LogP contribution >= 0.6 is 0 Å². The second-order valence-corrected chi connectivity index (χ2v) is 3.59. The summed E-state index contributed by atoms with van der Waals surface area (Å²) in [6.45, 7) is 3.48. The van der Waals surface area contributed by atoms with Gasteiger partial charge in [0.1, 0.15) is 0 Å². The highest BCUT2D eigenvalue weighted by atomic mass is 19.4. The standard InChI is InChI=1S/C10H9F3N4/c1-6-5-7(2)15-9(14-6)17-4-3-8(16-17)10(11,12)13/h3-5H,1-2H3. The number of hydrogen-bond acceptors (Lipinski definition) is 3. The largest absolute Gasteiger partial charge is 0.435 e. The molecule has 0 amide bonds. The third kappa shape index (κ3) is 2.43. The summed E-state index contributed by atoms with van der Waals surface area (Å²) in [5.41, 5.74) is 0.397. The summed E-state index contributed by atoms with van der Waals surface area (Å²) in [5.74, 6) is 0.137. The Balaban J connectivity index is 2.44. The fourth-order valence-corrected chi connectivity index (χ4v) is 1.40. The molecule has 2 heterocycles. The van der Waals surface area contributed by atoms with E-state index >= 15 is 0 Å². The zero-order chi connectivity index (χ0) is 12.6. The topological polar surface area (TPSA) is 43.6 Å². The summed E-state index contributed by atoms with van der Waals surface area (Å²) >= 11 is 0. The third-order valence-corrected chi connectivity index (χ3v) is 2.05. The van der Waals surface area contributed by atoms with Gasteiger partial charge in [-0.25, -0.2) is 14.6 Å². The number of alkyl halides is 3. The fraction of sp³-hybridized carbons (Fsp3) is 0.300. The highest BCUT2D eigenvalue weighted by Gasteiger charge is 2.33. The van der Waals surface area contributed by atoms with Crippen LogP contribution in [0.3, 0.4) is 0 Å². The summed E-state index contributed by atoms with van der Waals surface area (Å²) in [6, 6.07) is 2.62. The monoisotopic (exact) mass is 242 g/mol. The number of rotatable bonds is 1. The summed E-state index contributed by atoms with van der Waals surface area (Å²) < 4.78 is 38.1. The molecule has 0 saturated carbocycles. The maximum absolute atomic E-state index is 12.4. The first-order chi connectivity index (χ1) is 7.86. The van der Waals surface area contributed by atoms with E-state index in [0.29, 0.717) is 11.4 Å². The molecule has 4 nitrogen and oxygen atoms in total. The molecular formula is C10H9F3N4. The van der Waals surface area contributed by atoms with Gasteiger partial charge in [0.15, 0.2) is 5.69 Å². The molecule has 0 aliphatic carbocycles. The van der Waals surface area contributed by atoms with Crippen molar-refractivity contribution in [2.75, 3.05) is 0 Å². The molecule has 0 aromatic carbocycles. The van der Waals surface area contributed by atoms with Gasteiger partial charge in [-0.1, -0.05) is 0 Å². The van der Waals surface area contributed by atoms with Crippen LogP contribution in [0.4, 0.5) is 13.2 Å². The first-order valence-electron chi connectivity index (χ1n) is 4.82. The molecule has 0 aliphatic heterocycles. The SMILES string of the molecule is Cc1cc(C)nc(-n2ccc(C(F)(F)F)n2)n1. The zero-order valence-electron chi connectivity index (χ0n) is 9.15. The molecule has 0 aliphatic rings. The van der Waals surface area contributed by atoms with Gasteiger partial charge in [0, 0.05) is 17.6 Å². The molecule has 0 radical (unpaired) electrons. The van der Waals surface area contributed by atoms with Crippen molar-refractivity contribution < 1.29 is 13.2 Å². The van der Waals surface area contributed by atoms with E-state index in [1.807, 2.05) is 0 Å². The highest BCUT2D eigenvalue weighted by Crippen LogP contribution is 2.27. The van der Waals surface area contributed by atoms with Crippen LogP contribution in [-0.2, 0) is 6.18 Å². The zero-order valence-corrected chi connectivity index (χ0v) is 9.15. The minimum atomic E-state index is -4.45. The maximum Gasteiger partial charge on any atom is 0.435 e. The Hall–Kier alpha value is -1.92. The van der Waals surface area contributed by atoms with Crippen molar-refractivity contribution >= 4 is 0 Å². The van der Waals surface area contributed by atoms with E-state index in [2.05, 4.69) is 15.1 Å². The Morgan fingerprint density at radius 3 is 2.18 bits per heavy atom. The summed E-state index contributed by atoms with van der Waals surface area (Å²) in [7, 11) is 0. The van der Waals surface area contributed by atoms with Gasteiger partial charge in [-0.15, -0.1) is 0 Å². The van der Waals surface area contributed by atoms with Crippen LogP contribution in [0.15, 0.2) is 18.3 Å². The van der Waals surface area contributed by atoms with Crippen LogP contribution in [0.2, 0.25) is 0 Å². The van der Waals surface area contributed by atoms with Gasteiger partial charge in [-0.2, -0.15) is 18.3 Å². The van der Waals surface area contributed by atoms with Crippen molar-refractivity contribution in [1.82, 2.24) is 19.7 Å². The van der Waals surface area contributed by atoms with Gasteiger partial charge in [-0.05, 0) is 26.0 Å². The molecule has 0 unspecified atom stereocenters. The molecule has 7 heteroatoms. The van der Waals surface area contributed by atoms with Gasteiger partial charge in [0.25, 0.3) is 5.95 Å². The van der Waals surface area contributed by atoms with Gasteiger partial charge < -0.3 is 0 Å². The molecule has 0 saturated heterocycles. The predicted octanol–water partition coefficient (Wildman–Crippen LogP) is 2.30. The summed E-state index contributed by atoms with van der Waals surface area (Å²) in [4.78, 5) is 8.04. The van der Waals surface area contributed by atoms with E-state index in [-0.39, 0.29) is 5.95 Å². The van der Waals surface area contributed by atoms with E-state index < -0.39 is 11.9 Å². The van der Waals surface area contributed by atoms with Crippen LogP contribution in [-0.4, -0.2) is 19.7 Å². The average Bonchev–Trinajstić information content (AvgIpc) is 2.63. The quantitative estimate of drug-likeness (QED) is 0.770. The summed E-state index contributed by atoms with van der Waals surface area (Å²) in [6.07, 6.45) is -3.26. The molecule has 0 spiro atoms. The smallest absolute Gasteiger partial charge is 0.216 e. The summed E-state index contributed by atoms with van der Waals surface area (Å²) in [5, 5.41) is 3.40. The second kappa shape index (κ2) is 3.83. The number of aromatic nitrogens is 4. The van der Waals surface area contributed by atoms with E-state index in [0.717, 1.165) is 10.7 Å². The lowest BCUT2D eigenvalue weighted by Crippen LogP contribution is -2.09. The van der Waals surface area contributed by atoms with Crippen LogP contribution in [0.5, 0.6) is 0 Å². The lowest BCUT2D eigenvalue weighted by Gasteiger charge is -2.03. The van der Waals surface area contributed by atoms with E-state index in [9.17, 15) is 13.2 Å². The fourth-order valence-electron chi connectivity index (χ4n) is 1.40. The van der Waals surface area contributed by atoms with Crippen molar-refractivity contribution in [3.05, 3.63) is 35.4 Å². The number of aryl methyl sites for hydroxylation is 2. The lowest BCUT2D eigenvalue weighted by atomic mass is 10.4. The number of hydrogen-bond donors (Lipinski definition) is 0. The molecular weight excluding hydrogens is 233 g/mol. The average molecular weight is 242 g/mol. The molecule has 2 aromatic rings. The van der Waals surface area contributed by atoms with Crippen LogP contribution in [0.1, 0.15) is 17.1 Å². The first-order valence-corrected chi connectivity index (χ1v) is 4.82. The van der Waals surface area contributed by atoms with E-state index in [4.69, 9.17) is 0 Å². The predicted molar refractivity (Wildman–Crippen MR) is 53.6 cm³/mol. The van der Waals surface area contributed by atoms with Gasteiger partial charge >= 0.3 is 6.18 Å². The van der Waals surface area contributed by atoms with E-state index in [1.54, 1.807) is 19.9 Å². The molecule has 0 fully saturated rings. The second-order valence-electron chi connectivity index (χ2n) is 3.59. The Kier molecular flexibility index (Phi) is 2.60. The van der Waals surface area contributed by atoms with Crippen LogP contribution in [0, 0.1) is 13.8 Å². The molecule has 2 aromatic heterocycles. The Morgan fingerprint density at radius 2 is 1.71 bits per heavy atom. The van der Waals surface area contributed by atoms with Crippen molar-refractivity contribution in [2.24, 2.45) is 0 Å². The number of halogens is 3. The molecule has 0 bridgehead atoms. The maximum atomic E-state index is 12.4. The van der Waals surface area contributed by atoms with Crippen molar-refractivity contribution in [3.63, 3.8) is 0 Å². The Bertz CT molecular complexity index is 524. The molecule has 0 N–H and O–H groups in total. The van der Waals surface area contributed by atoms with Crippen molar-refractivity contribution in [1.29, 1.82) is 0 Å². The number of nitrogens with zero attached hydrogens (tertiary/aromatic N) is 4. The Labute approximate surface area is 95.1 Å². The minimum Gasteiger partial charge on any atom is -0.216 e. The van der Waals surface area contributed by atoms with Crippen LogP contribution in [0.25, 0.3) is 5.95 Å². The molecule has 0 atom stereocenters. The minimum absolute atomic E-state index is 0.137. The first kappa shape index (κ1) is 11.6. The third-order valence-electron chi connectivity index (χ3n) is 2.05. The molecule has 90 valence electrons. The van der Waals surface area contributed by atoms with Crippen molar-refractivity contribution in [3.8, 4) is 5.95 Å². The molecule has 2 rings (SSSR count). The molecule has 17 heavy (non-hydrogen) atoms. The van der Waals surface area contributed by atoms with Crippen molar-refractivity contribution in [2.45, 2.75) is 20.0 Å². The van der Waals surface area contributed by atoms with Gasteiger partial charge in [-0.3, -0.25) is 0 Å².